The van der Waals surface area contributed by atoms with Crippen LogP contribution in [0.15, 0.2) is 40.8 Å². The van der Waals surface area contributed by atoms with Gasteiger partial charge in [-0.05, 0) is 48.0 Å². The van der Waals surface area contributed by atoms with E-state index in [-0.39, 0.29) is 12.5 Å². The molecule has 0 aliphatic carbocycles. The van der Waals surface area contributed by atoms with Crippen molar-refractivity contribution in [2.45, 2.75) is 5.92 Å². The van der Waals surface area contributed by atoms with Crippen LogP contribution in [0.2, 0.25) is 5.22 Å². The fraction of sp³-hybridized carbons (Fsp3) is 0.286. The number of benzene rings is 1. The van der Waals surface area contributed by atoms with E-state index in [9.17, 15) is 5.11 Å². The van der Waals surface area contributed by atoms with Gasteiger partial charge >= 0.3 is 0 Å². The third kappa shape index (κ3) is 3.66. The quantitative estimate of drug-likeness (QED) is 0.884. The van der Waals surface area contributed by atoms with E-state index in [1.807, 2.05) is 24.3 Å². The Morgan fingerprint density at radius 3 is 2.37 bits per heavy atom. The summed E-state index contributed by atoms with van der Waals surface area (Å²) in [5.41, 5.74) is 0. The monoisotopic (exact) mass is 282 g/mol. The number of furan rings is 1. The maximum atomic E-state index is 9.35. The summed E-state index contributed by atoms with van der Waals surface area (Å²) >= 11 is 5.71. The van der Waals surface area contributed by atoms with Crippen molar-refractivity contribution in [1.82, 2.24) is 0 Å². The van der Waals surface area contributed by atoms with Crippen LogP contribution in [0.4, 0.5) is 0 Å². The van der Waals surface area contributed by atoms with E-state index < -0.39 is 0 Å². The van der Waals surface area contributed by atoms with Crippen LogP contribution in [0.3, 0.4) is 0 Å². The zero-order valence-corrected chi connectivity index (χ0v) is 11.3. The van der Waals surface area contributed by atoms with Gasteiger partial charge in [0.05, 0.1) is 19.6 Å². The molecule has 0 saturated carbocycles. The van der Waals surface area contributed by atoms with E-state index >= 15 is 0 Å². The molecule has 0 aliphatic heterocycles. The number of rotatable bonds is 6. The van der Waals surface area contributed by atoms with Crippen LogP contribution in [-0.2, 0) is 0 Å². The molecule has 0 bridgehead atoms. The highest BCUT2D eigenvalue weighted by molar-refractivity contribution is 6.28. The van der Waals surface area contributed by atoms with E-state index in [2.05, 4.69) is 0 Å². The molecule has 102 valence electrons. The van der Waals surface area contributed by atoms with E-state index in [4.69, 9.17) is 25.5 Å². The van der Waals surface area contributed by atoms with Gasteiger partial charge in [-0.15, -0.1) is 0 Å². The van der Waals surface area contributed by atoms with Crippen molar-refractivity contribution in [3.63, 3.8) is 0 Å². The molecule has 1 unspecified atom stereocenters. The Balaban J connectivity index is 1.95. The van der Waals surface area contributed by atoms with Crippen LogP contribution in [0.25, 0.3) is 0 Å². The van der Waals surface area contributed by atoms with E-state index in [0.717, 1.165) is 5.75 Å². The molecule has 2 aromatic rings. The number of methoxy groups -OCH3 is 1. The van der Waals surface area contributed by atoms with Crippen LogP contribution in [-0.4, -0.2) is 25.4 Å². The zero-order valence-electron chi connectivity index (χ0n) is 10.5. The Hall–Kier alpha value is -1.65. The average Bonchev–Trinajstić information content (AvgIpc) is 2.87. The number of aliphatic hydroxyl groups is 1. The van der Waals surface area contributed by atoms with Gasteiger partial charge in [0, 0.05) is 0 Å². The molecule has 19 heavy (non-hydrogen) atoms. The molecule has 0 radical (unpaired) electrons. The molecule has 1 aromatic carbocycles. The molecule has 1 aromatic heterocycles. The molecule has 0 aliphatic rings. The first-order valence-electron chi connectivity index (χ1n) is 5.86. The fourth-order valence-corrected chi connectivity index (χ4v) is 1.79. The van der Waals surface area contributed by atoms with Gasteiger partial charge in [0.1, 0.15) is 23.9 Å². The van der Waals surface area contributed by atoms with Crippen molar-refractivity contribution in [3.05, 3.63) is 47.4 Å². The average molecular weight is 283 g/mol. The zero-order chi connectivity index (χ0) is 13.7. The highest BCUT2D eigenvalue weighted by Crippen LogP contribution is 2.23. The molecule has 0 fully saturated rings. The smallest absolute Gasteiger partial charge is 0.193 e. The highest BCUT2D eigenvalue weighted by Gasteiger charge is 2.15. The molecular formula is C14H15ClO4. The van der Waals surface area contributed by atoms with Crippen molar-refractivity contribution in [3.8, 4) is 11.5 Å². The minimum absolute atomic E-state index is 0.0694. The van der Waals surface area contributed by atoms with Gasteiger partial charge in [0.15, 0.2) is 5.22 Å². The van der Waals surface area contributed by atoms with Gasteiger partial charge < -0.3 is 19.0 Å². The van der Waals surface area contributed by atoms with Gasteiger partial charge in [-0.2, -0.15) is 0 Å². The van der Waals surface area contributed by atoms with E-state index in [1.54, 1.807) is 19.2 Å². The van der Waals surface area contributed by atoms with Crippen LogP contribution in [0.5, 0.6) is 11.5 Å². The van der Waals surface area contributed by atoms with Crippen LogP contribution >= 0.6 is 11.6 Å². The Kier molecular flexibility index (Phi) is 4.71. The van der Waals surface area contributed by atoms with Gasteiger partial charge in [0.25, 0.3) is 0 Å². The van der Waals surface area contributed by atoms with Gasteiger partial charge in [-0.3, -0.25) is 0 Å². The van der Waals surface area contributed by atoms with Crippen LogP contribution < -0.4 is 9.47 Å². The third-order valence-corrected chi connectivity index (χ3v) is 2.93. The number of hydrogen-bond acceptors (Lipinski definition) is 4. The second-order valence-electron chi connectivity index (χ2n) is 4.01. The Bertz CT molecular complexity index is 506. The lowest BCUT2D eigenvalue weighted by Gasteiger charge is -2.13. The van der Waals surface area contributed by atoms with Crippen LogP contribution in [0, 0.1) is 0 Å². The lowest BCUT2D eigenvalue weighted by Crippen LogP contribution is -2.13. The summed E-state index contributed by atoms with van der Waals surface area (Å²) in [6.45, 7) is 0.243. The fourth-order valence-electron chi connectivity index (χ4n) is 1.64. The molecule has 0 saturated heterocycles. The van der Waals surface area contributed by atoms with Gasteiger partial charge in [0.2, 0.25) is 0 Å². The molecule has 4 nitrogen and oxygen atoms in total. The molecule has 1 N–H and O–H groups in total. The second-order valence-corrected chi connectivity index (χ2v) is 4.38. The topological polar surface area (TPSA) is 51.8 Å². The Morgan fingerprint density at radius 2 is 1.84 bits per heavy atom. The summed E-state index contributed by atoms with van der Waals surface area (Å²) in [7, 11) is 1.61. The minimum atomic E-state index is -0.241. The molecule has 5 heteroatoms. The number of ether oxygens (including phenoxy) is 2. The first kappa shape index (κ1) is 13.8. The Labute approximate surface area is 116 Å². The lowest BCUT2D eigenvalue weighted by atomic mass is 10.1. The molecule has 1 atom stereocenters. The van der Waals surface area contributed by atoms with Gasteiger partial charge in [-0.25, -0.2) is 0 Å². The van der Waals surface area contributed by atoms with E-state index in [1.165, 1.54) is 0 Å². The minimum Gasteiger partial charge on any atom is -0.497 e. The standard InChI is InChI=1S/C14H15ClO4/c1-17-11-2-4-12(5-3-11)18-9-10(8-16)13-6-7-14(15)19-13/h2-7,10,16H,8-9H2,1H3. The molecule has 0 amide bonds. The molecule has 2 rings (SSSR count). The maximum absolute atomic E-state index is 9.35. The third-order valence-electron chi connectivity index (χ3n) is 2.73. The van der Waals surface area contributed by atoms with Crippen molar-refractivity contribution >= 4 is 11.6 Å². The van der Waals surface area contributed by atoms with Crippen molar-refractivity contribution in [2.24, 2.45) is 0 Å². The highest BCUT2D eigenvalue weighted by atomic mass is 35.5. The van der Waals surface area contributed by atoms with Crippen molar-refractivity contribution in [1.29, 1.82) is 0 Å². The number of aliphatic hydroxyl groups excluding tert-OH is 1. The second kappa shape index (κ2) is 6.50. The lowest BCUT2D eigenvalue weighted by molar-refractivity contribution is 0.190. The predicted octanol–water partition coefficient (Wildman–Crippen LogP) is 3.10. The summed E-state index contributed by atoms with van der Waals surface area (Å²) in [5.74, 6) is 1.84. The summed E-state index contributed by atoms with van der Waals surface area (Å²) in [5, 5.41) is 9.65. The number of halogens is 1. The van der Waals surface area contributed by atoms with Crippen molar-refractivity contribution in [2.75, 3.05) is 20.3 Å². The molecule has 0 spiro atoms. The molecular weight excluding hydrogens is 268 g/mol. The van der Waals surface area contributed by atoms with E-state index in [0.29, 0.717) is 23.3 Å². The normalized spacial score (nSPS) is 12.2. The van der Waals surface area contributed by atoms with Gasteiger partial charge in [-0.1, -0.05) is 0 Å². The summed E-state index contributed by atoms with van der Waals surface area (Å²) < 4.78 is 15.9. The Morgan fingerprint density at radius 1 is 1.16 bits per heavy atom. The first-order valence-corrected chi connectivity index (χ1v) is 6.23. The maximum Gasteiger partial charge on any atom is 0.193 e. The summed E-state index contributed by atoms with van der Waals surface area (Å²) in [4.78, 5) is 0. The predicted molar refractivity (Wildman–Crippen MR) is 72.0 cm³/mol. The SMILES string of the molecule is COc1ccc(OCC(CO)c2ccc(Cl)o2)cc1. The van der Waals surface area contributed by atoms with Crippen LogP contribution in [0.1, 0.15) is 11.7 Å². The summed E-state index contributed by atoms with van der Waals surface area (Å²) in [6, 6.07) is 10.6. The van der Waals surface area contributed by atoms with Crippen molar-refractivity contribution < 1.29 is 19.0 Å². The first-order chi connectivity index (χ1) is 9.22. The molecule has 1 heterocycles. The summed E-state index contributed by atoms with van der Waals surface area (Å²) in [6.07, 6.45) is 0. The number of hydrogen-bond donors (Lipinski definition) is 1. The largest absolute Gasteiger partial charge is 0.497 e.